The maximum Gasteiger partial charge on any atom is 0.325 e. The predicted molar refractivity (Wildman–Crippen MR) is 132 cm³/mol. The van der Waals surface area contributed by atoms with Crippen molar-refractivity contribution in [3.05, 3.63) is 77.5 Å². The molecule has 7 heteroatoms. The quantitative estimate of drug-likeness (QED) is 0.596. The number of likely N-dealkylation sites (tertiary alicyclic amines) is 1. The lowest BCUT2D eigenvalue weighted by molar-refractivity contribution is -0.134. The van der Waals surface area contributed by atoms with Gasteiger partial charge in [-0.05, 0) is 61.8 Å². The minimum absolute atomic E-state index is 0.0265. The molecule has 2 saturated heterocycles. The first-order valence-corrected chi connectivity index (χ1v) is 12.3. The highest BCUT2D eigenvalue weighted by molar-refractivity contribution is 6.07. The van der Waals surface area contributed by atoms with E-state index in [0.717, 1.165) is 10.9 Å². The van der Waals surface area contributed by atoms with E-state index in [1.807, 2.05) is 54.3 Å². The summed E-state index contributed by atoms with van der Waals surface area (Å²) in [6, 6.07) is 19.2. The maximum atomic E-state index is 13.6. The van der Waals surface area contributed by atoms with Crippen LogP contribution in [0.15, 0.2) is 60.7 Å². The molecule has 1 atom stereocenters. The van der Waals surface area contributed by atoms with Crippen LogP contribution in [0.1, 0.15) is 41.4 Å². The Hall–Kier alpha value is -3.74. The smallest absolute Gasteiger partial charge is 0.325 e. The van der Waals surface area contributed by atoms with Crippen LogP contribution in [0.5, 0.6) is 0 Å². The molecule has 1 unspecified atom stereocenters. The van der Waals surface area contributed by atoms with Crippen molar-refractivity contribution in [1.29, 1.82) is 0 Å². The van der Waals surface area contributed by atoms with Crippen LogP contribution in [0.2, 0.25) is 0 Å². The number of benzene rings is 2. The molecule has 0 spiro atoms. The van der Waals surface area contributed by atoms with Gasteiger partial charge in [-0.2, -0.15) is 0 Å². The molecule has 6 rings (SSSR count). The topological polar surface area (TPSA) is 82.6 Å². The molecule has 7 nitrogen and oxygen atoms in total. The standard InChI is InChI=1S/C28H28N4O3/c1-28(26(34)32(27(35)30-28)22-16-19-7-2-3-8-20(19)17-22)21-12-14-31(15-13-21)25(33)24-11-10-18-6-4-5-9-23(18)29-24/h2-11,21-22H,12-17H2,1H3,(H,30,35). The number of rotatable bonds is 3. The fourth-order valence-corrected chi connectivity index (χ4v) is 6.01. The molecule has 3 heterocycles. The number of urea groups is 1. The number of nitrogens with one attached hydrogen (secondary N) is 1. The summed E-state index contributed by atoms with van der Waals surface area (Å²) in [6.07, 6.45) is 2.72. The maximum absolute atomic E-state index is 13.6. The van der Waals surface area contributed by atoms with Gasteiger partial charge in [0, 0.05) is 24.5 Å². The first-order chi connectivity index (χ1) is 16.9. The van der Waals surface area contributed by atoms with E-state index < -0.39 is 5.54 Å². The number of imide groups is 1. The second-order valence-corrected chi connectivity index (χ2v) is 10.1. The monoisotopic (exact) mass is 468 g/mol. The molecule has 3 aromatic rings. The summed E-state index contributed by atoms with van der Waals surface area (Å²) in [5.74, 6) is -0.255. The van der Waals surface area contributed by atoms with Gasteiger partial charge < -0.3 is 10.2 Å². The summed E-state index contributed by atoms with van der Waals surface area (Å²) in [5.41, 5.74) is 2.71. The van der Waals surface area contributed by atoms with Crippen molar-refractivity contribution >= 4 is 28.7 Å². The van der Waals surface area contributed by atoms with Crippen LogP contribution in [0.25, 0.3) is 10.9 Å². The largest absolute Gasteiger partial charge is 0.337 e. The Labute approximate surface area is 204 Å². The van der Waals surface area contributed by atoms with E-state index >= 15 is 0 Å². The lowest BCUT2D eigenvalue weighted by atomic mass is 9.78. The van der Waals surface area contributed by atoms with Gasteiger partial charge in [-0.1, -0.05) is 48.5 Å². The molecule has 35 heavy (non-hydrogen) atoms. The molecule has 2 fully saturated rings. The first-order valence-electron chi connectivity index (χ1n) is 12.3. The molecule has 1 N–H and O–H groups in total. The highest BCUT2D eigenvalue weighted by Crippen LogP contribution is 2.37. The number of nitrogens with zero attached hydrogens (tertiary/aromatic N) is 3. The van der Waals surface area contributed by atoms with Gasteiger partial charge in [0.15, 0.2) is 0 Å². The number of fused-ring (bicyclic) bond motifs is 2. The van der Waals surface area contributed by atoms with Gasteiger partial charge in [0.2, 0.25) is 0 Å². The van der Waals surface area contributed by atoms with Gasteiger partial charge in [-0.15, -0.1) is 0 Å². The second-order valence-electron chi connectivity index (χ2n) is 10.1. The summed E-state index contributed by atoms with van der Waals surface area (Å²) >= 11 is 0. The predicted octanol–water partition coefficient (Wildman–Crippen LogP) is 3.56. The van der Waals surface area contributed by atoms with Gasteiger partial charge in [0.1, 0.15) is 11.2 Å². The van der Waals surface area contributed by atoms with E-state index in [0.29, 0.717) is 44.5 Å². The number of hydrogen-bond acceptors (Lipinski definition) is 4. The summed E-state index contributed by atoms with van der Waals surface area (Å²) in [5, 5.41) is 4.02. The van der Waals surface area contributed by atoms with Crippen molar-refractivity contribution in [1.82, 2.24) is 20.1 Å². The van der Waals surface area contributed by atoms with Crippen molar-refractivity contribution in [2.45, 2.75) is 44.2 Å². The van der Waals surface area contributed by atoms with E-state index in [1.54, 1.807) is 6.07 Å². The Balaban J connectivity index is 1.13. The SMILES string of the molecule is CC1(C2CCN(C(=O)c3ccc4ccccc4n3)CC2)NC(=O)N(C2Cc3ccccc3C2)C1=O. The summed E-state index contributed by atoms with van der Waals surface area (Å²) in [7, 11) is 0. The van der Waals surface area contributed by atoms with E-state index in [-0.39, 0.29) is 29.8 Å². The Morgan fingerprint density at radius 3 is 2.31 bits per heavy atom. The van der Waals surface area contributed by atoms with Crippen LogP contribution in [-0.4, -0.2) is 57.3 Å². The zero-order valence-corrected chi connectivity index (χ0v) is 19.7. The van der Waals surface area contributed by atoms with Crippen LogP contribution in [0, 0.1) is 5.92 Å². The molecule has 1 aromatic heterocycles. The van der Waals surface area contributed by atoms with Crippen LogP contribution < -0.4 is 5.32 Å². The number of hydrogen-bond donors (Lipinski definition) is 1. The van der Waals surface area contributed by atoms with E-state index in [2.05, 4.69) is 22.4 Å². The molecule has 178 valence electrons. The van der Waals surface area contributed by atoms with Crippen molar-refractivity contribution < 1.29 is 14.4 Å². The fraction of sp³-hybridized carbons (Fsp3) is 0.357. The third-order valence-corrected chi connectivity index (χ3v) is 8.06. The molecule has 2 aliphatic heterocycles. The zero-order chi connectivity index (χ0) is 24.2. The molecular formula is C28H28N4O3. The molecule has 2 aromatic carbocycles. The van der Waals surface area contributed by atoms with Gasteiger partial charge in [-0.25, -0.2) is 9.78 Å². The first kappa shape index (κ1) is 21.8. The highest BCUT2D eigenvalue weighted by Gasteiger charge is 2.55. The molecule has 1 aliphatic carbocycles. The average molecular weight is 469 g/mol. The number of amides is 4. The van der Waals surface area contributed by atoms with Gasteiger partial charge in [0.05, 0.1) is 5.52 Å². The number of carbonyl (C=O) groups excluding carboxylic acids is 3. The van der Waals surface area contributed by atoms with Gasteiger partial charge >= 0.3 is 6.03 Å². The molecule has 0 saturated carbocycles. The fourth-order valence-electron chi connectivity index (χ4n) is 6.01. The van der Waals surface area contributed by atoms with Crippen LogP contribution in [0.3, 0.4) is 0 Å². The van der Waals surface area contributed by atoms with E-state index in [1.165, 1.54) is 16.0 Å². The van der Waals surface area contributed by atoms with E-state index in [9.17, 15) is 14.4 Å². The Morgan fingerprint density at radius 1 is 0.943 bits per heavy atom. The second kappa shape index (κ2) is 8.18. The normalized spacial score (nSPS) is 23.1. The molecule has 4 amide bonds. The number of para-hydroxylation sites is 1. The van der Waals surface area contributed by atoms with Gasteiger partial charge in [0.25, 0.3) is 11.8 Å². The molecular weight excluding hydrogens is 440 g/mol. The molecule has 3 aliphatic rings. The number of carbonyl (C=O) groups is 3. The Morgan fingerprint density at radius 2 is 1.60 bits per heavy atom. The average Bonchev–Trinajstić information content (AvgIpc) is 3.41. The van der Waals surface area contributed by atoms with Crippen molar-refractivity contribution in [3.8, 4) is 0 Å². The van der Waals surface area contributed by atoms with E-state index in [4.69, 9.17) is 0 Å². The Kier molecular flexibility index (Phi) is 5.09. The number of piperidine rings is 1. The van der Waals surface area contributed by atoms with Gasteiger partial charge in [-0.3, -0.25) is 14.5 Å². The summed E-state index contributed by atoms with van der Waals surface area (Å²) in [4.78, 5) is 47.5. The number of pyridine rings is 1. The molecule has 0 radical (unpaired) electrons. The third kappa shape index (κ3) is 3.57. The van der Waals surface area contributed by atoms with Crippen LogP contribution in [-0.2, 0) is 17.6 Å². The van der Waals surface area contributed by atoms with Crippen LogP contribution in [0.4, 0.5) is 4.79 Å². The van der Waals surface area contributed by atoms with Crippen LogP contribution >= 0.6 is 0 Å². The molecule has 0 bridgehead atoms. The minimum Gasteiger partial charge on any atom is -0.337 e. The lowest BCUT2D eigenvalue weighted by Gasteiger charge is -2.39. The number of aromatic nitrogens is 1. The summed E-state index contributed by atoms with van der Waals surface area (Å²) < 4.78 is 0. The van der Waals surface area contributed by atoms with Crippen molar-refractivity contribution in [2.75, 3.05) is 13.1 Å². The lowest BCUT2D eigenvalue weighted by Crippen LogP contribution is -2.55. The van der Waals surface area contributed by atoms with Crippen molar-refractivity contribution in [2.24, 2.45) is 5.92 Å². The van der Waals surface area contributed by atoms with Crippen molar-refractivity contribution in [3.63, 3.8) is 0 Å². The Bertz CT molecular complexity index is 1320. The minimum atomic E-state index is -0.942. The zero-order valence-electron chi connectivity index (χ0n) is 19.7. The highest BCUT2D eigenvalue weighted by atomic mass is 16.2. The summed E-state index contributed by atoms with van der Waals surface area (Å²) in [6.45, 7) is 2.92. The third-order valence-electron chi connectivity index (χ3n) is 8.06.